The zero-order valence-corrected chi connectivity index (χ0v) is 13.0. The maximum absolute atomic E-state index is 12.6. The molecule has 1 aliphatic heterocycles. The highest BCUT2D eigenvalue weighted by atomic mass is 16.2. The van der Waals surface area contributed by atoms with Crippen LogP contribution < -0.4 is 10.2 Å². The Morgan fingerprint density at radius 1 is 1.09 bits per heavy atom. The highest BCUT2D eigenvalue weighted by molar-refractivity contribution is 6.20. The lowest BCUT2D eigenvalue weighted by atomic mass is 10.0. The molecule has 1 unspecified atom stereocenters. The van der Waals surface area contributed by atoms with Crippen molar-refractivity contribution in [3.05, 3.63) is 65.7 Å². The van der Waals surface area contributed by atoms with Crippen molar-refractivity contribution >= 4 is 23.2 Å². The number of nitrogens with zero attached hydrogens (tertiary/aromatic N) is 2. The Bertz CT molecular complexity index is 784. The second-order valence-electron chi connectivity index (χ2n) is 5.36. The number of amides is 2. The van der Waals surface area contributed by atoms with E-state index in [1.54, 1.807) is 7.05 Å². The third kappa shape index (κ3) is 2.85. The first-order valence-corrected chi connectivity index (χ1v) is 7.35. The van der Waals surface area contributed by atoms with E-state index in [1.807, 2.05) is 54.6 Å². The topological polar surface area (TPSA) is 61.8 Å². The normalized spacial score (nSPS) is 17.1. The molecule has 1 heterocycles. The molecule has 0 saturated heterocycles. The van der Waals surface area contributed by atoms with Crippen LogP contribution in [0.15, 0.2) is 59.6 Å². The van der Waals surface area contributed by atoms with Gasteiger partial charge in [0.15, 0.2) is 0 Å². The van der Waals surface area contributed by atoms with Crippen molar-refractivity contribution in [3.8, 4) is 0 Å². The van der Waals surface area contributed by atoms with Gasteiger partial charge in [0.1, 0.15) is 0 Å². The van der Waals surface area contributed by atoms with Gasteiger partial charge in [0, 0.05) is 25.1 Å². The highest BCUT2D eigenvalue weighted by Gasteiger charge is 2.30. The van der Waals surface area contributed by atoms with E-state index >= 15 is 0 Å². The maximum atomic E-state index is 12.6. The molecule has 2 amide bonds. The minimum absolute atomic E-state index is 0.265. The van der Waals surface area contributed by atoms with E-state index in [9.17, 15) is 9.59 Å². The summed E-state index contributed by atoms with van der Waals surface area (Å²) >= 11 is 0. The summed E-state index contributed by atoms with van der Waals surface area (Å²) < 4.78 is 0. The number of benzene rings is 2. The largest absolute Gasteiger partial charge is 0.327 e. The van der Waals surface area contributed by atoms with Crippen LogP contribution in [-0.4, -0.2) is 30.7 Å². The average Bonchev–Trinajstić information content (AvgIpc) is 2.66. The predicted molar refractivity (Wildman–Crippen MR) is 89.5 cm³/mol. The minimum atomic E-state index is -0.930. The summed E-state index contributed by atoms with van der Waals surface area (Å²) in [6, 6.07) is 17.2. The standard InChI is InChI=1S/C18H17N3O2/c1-12(22)19-17-18(23)21(2)15-11-7-6-10-14(15)16(20-17)13-8-4-3-5-9-13/h3-11,17H,1-2H3,(H,19,22). The number of hydrogen-bond acceptors (Lipinski definition) is 3. The molecule has 2 aromatic carbocycles. The Labute approximate surface area is 134 Å². The third-order valence-corrected chi connectivity index (χ3v) is 3.73. The number of nitrogens with one attached hydrogen (secondary N) is 1. The summed E-state index contributed by atoms with van der Waals surface area (Å²) in [5.74, 6) is -0.558. The van der Waals surface area contributed by atoms with Gasteiger partial charge in [0.05, 0.1) is 11.4 Å². The molecule has 0 aromatic heterocycles. The van der Waals surface area contributed by atoms with Crippen molar-refractivity contribution in [2.24, 2.45) is 4.99 Å². The molecular weight excluding hydrogens is 290 g/mol. The smallest absolute Gasteiger partial charge is 0.272 e. The molecule has 1 aliphatic rings. The van der Waals surface area contributed by atoms with Crippen LogP contribution >= 0.6 is 0 Å². The van der Waals surface area contributed by atoms with Crippen molar-refractivity contribution in [1.82, 2.24) is 5.32 Å². The number of likely N-dealkylation sites (N-methyl/N-ethyl adjacent to an activating group) is 1. The molecule has 0 spiro atoms. The Morgan fingerprint density at radius 3 is 2.43 bits per heavy atom. The Morgan fingerprint density at radius 2 is 1.74 bits per heavy atom. The molecule has 3 rings (SSSR count). The molecule has 0 radical (unpaired) electrons. The number of para-hydroxylation sites is 1. The first-order valence-electron chi connectivity index (χ1n) is 7.35. The van der Waals surface area contributed by atoms with Gasteiger partial charge in [-0.3, -0.25) is 9.59 Å². The molecule has 5 nitrogen and oxygen atoms in total. The second kappa shape index (κ2) is 6.04. The van der Waals surface area contributed by atoms with Gasteiger partial charge in [-0.15, -0.1) is 0 Å². The van der Waals surface area contributed by atoms with Crippen molar-refractivity contribution in [3.63, 3.8) is 0 Å². The average molecular weight is 307 g/mol. The van der Waals surface area contributed by atoms with Crippen molar-refractivity contribution in [2.45, 2.75) is 13.1 Å². The molecule has 116 valence electrons. The quantitative estimate of drug-likeness (QED) is 0.922. The zero-order chi connectivity index (χ0) is 16.4. The molecule has 0 saturated carbocycles. The molecule has 2 aromatic rings. The van der Waals surface area contributed by atoms with E-state index < -0.39 is 6.17 Å². The Hall–Kier alpha value is -2.95. The number of fused-ring (bicyclic) bond motifs is 1. The van der Waals surface area contributed by atoms with Gasteiger partial charge in [0.25, 0.3) is 5.91 Å². The first kappa shape index (κ1) is 15.0. The van der Waals surface area contributed by atoms with Gasteiger partial charge in [0.2, 0.25) is 12.1 Å². The minimum Gasteiger partial charge on any atom is -0.327 e. The van der Waals surface area contributed by atoms with E-state index in [4.69, 9.17) is 0 Å². The Balaban J connectivity index is 2.20. The van der Waals surface area contributed by atoms with Crippen molar-refractivity contribution in [1.29, 1.82) is 0 Å². The van der Waals surface area contributed by atoms with E-state index in [2.05, 4.69) is 10.3 Å². The predicted octanol–water partition coefficient (Wildman–Crippen LogP) is 1.96. The van der Waals surface area contributed by atoms with Crippen molar-refractivity contribution in [2.75, 3.05) is 11.9 Å². The SMILES string of the molecule is CC(=O)NC1N=C(c2ccccc2)c2ccccc2N(C)C1=O. The molecule has 0 bridgehead atoms. The summed E-state index contributed by atoms with van der Waals surface area (Å²) in [6.07, 6.45) is -0.930. The number of carbonyl (C=O) groups is 2. The fraction of sp³-hybridized carbons (Fsp3) is 0.167. The van der Waals surface area contributed by atoms with Crippen LogP contribution in [0.3, 0.4) is 0 Å². The first-order chi connectivity index (χ1) is 11.1. The molecule has 23 heavy (non-hydrogen) atoms. The van der Waals surface area contributed by atoms with E-state index in [0.717, 1.165) is 16.8 Å². The molecule has 1 atom stereocenters. The number of hydrogen-bond donors (Lipinski definition) is 1. The second-order valence-corrected chi connectivity index (χ2v) is 5.36. The molecule has 5 heteroatoms. The lowest BCUT2D eigenvalue weighted by Crippen LogP contribution is -2.45. The molecule has 0 aliphatic carbocycles. The molecular formula is C18H17N3O2. The number of aliphatic imine (C=N–C) groups is 1. The number of carbonyl (C=O) groups excluding carboxylic acids is 2. The van der Waals surface area contributed by atoms with Gasteiger partial charge in [-0.2, -0.15) is 0 Å². The summed E-state index contributed by atoms with van der Waals surface area (Å²) in [4.78, 5) is 30.2. The number of anilines is 1. The lowest BCUT2D eigenvalue weighted by Gasteiger charge is -2.20. The fourth-order valence-corrected chi connectivity index (χ4v) is 2.63. The van der Waals surface area contributed by atoms with E-state index in [-0.39, 0.29) is 11.8 Å². The third-order valence-electron chi connectivity index (χ3n) is 3.73. The van der Waals surface area contributed by atoms with Crippen LogP contribution in [0.25, 0.3) is 0 Å². The van der Waals surface area contributed by atoms with Gasteiger partial charge in [-0.25, -0.2) is 4.99 Å². The van der Waals surface area contributed by atoms with Gasteiger partial charge in [-0.05, 0) is 6.07 Å². The van der Waals surface area contributed by atoms with Crippen LogP contribution in [-0.2, 0) is 9.59 Å². The summed E-state index contributed by atoms with van der Waals surface area (Å²) in [6.45, 7) is 1.38. The van der Waals surface area contributed by atoms with Gasteiger partial charge in [-0.1, -0.05) is 48.5 Å². The fourth-order valence-electron chi connectivity index (χ4n) is 2.63. The zero-order valence-electron chi connectivity index (χ0n) is 13.0. The number of rotatable bonds is 2. The van der Waals surface area contributed by atoms with Crippen molar-refractivity contribution < 1.29 is 9.59 Å². The molecule has 0 fully saturated rings. The number of benzodiazepines with no additional fused rings is 1. The summed E-state index contributed by atoms with van der Waals surface area (Å²) in [5.41, 5.74) is 3.23. The van der Waals surface area contributed by atoms with E-state index in [1.165, 1.54) is 11.8 Å². The van der Waals surface area contributed by atoms with Gasteiger partial charge < -0.3 is 10.2 Å². The van der Waals surface area contributed by atoms with Crippen LogP contribution in [0.2, 0.25) is 0 Å². The summed E-state index contributed by atoms with van der Waals surface area (Å²) in [5, 5.41) is 2.62. The maximum Gasteiger partial charge on any atom is 0.272 e. The summed E-state index contributed by atoms with van der Waals surface area (Å²) in [7, 11) is 1.69. The van der Waals surface area contributed by atoms with Gasteiger partial charge >= 0.3 is 0 Å². The monoisotopic (exact) mass is 307 g/mol. The van der Waals surface area contributed by atoms with Crippen LogP contribution in [0, 0.1) is 0 Å². The van der Waals surface area contributed by atoms with Crippen LogP contribution in [0.5, 0.6) is 0 Å². The highest BCUT2D eigenvalue weighted by Crippen LogP contribution is 2.26. The lowest BCUT2D eigenvalue weighted by molar-refractivity contribution is -0.126. The van der Waals surface area contributed by atoms with Crippen LogP contribution in [0.4, 0.5) is 5.69 Å². The van der Waals surface area contributed by atoms with Crippen LogP contribution in [0.1, 0.15) is 18.1 Å². The molecule has 1 N–H and O–H groups in total. The Kier molecular flexibility index (Phi) is 3.93. The van der Waals surface area contributed by atoms with E-state index in [0.29, 0.717) is 5.71 Å².